The smallest absolute Gasteiger partial charge is 0.196 e. The number of hydrogen-bond donors (Lipinski definition) is 0. The molecule has 0 radical (unpaired) electrons. The second-order valence-electron chi connectivity index (χ2n) is 4.87. The molecule has 4 rings (SSSR count). The number of hydrogen-bond acceptors (Lipinski definition) is 2. The molecule has 0 atom stereocenters. The Morgan fingerprint density at radius 1 is 0.944 bits per heavy atom. The Kier molecular flexibility index (Phi) is 1.74. The Morgan fingerprint density at radius 2 is 1.67 bits per heavy atom. The molecule has 1 aliphatic carbocycles. The molecule has 1 aliphatic heterocycles. The number of rotatable bonds is 0. The van der Waals surface area contributed by atoms with Crippen molar-refractivity contribution < 1.29 is 9.59 Å². The zero-order valence-electron chi connectivity index (χ0n) is 9.77. The molecular weight excluding hydrogens is 226 g/mol. The van der Waals surface area contributed by atoms with Crippen molar-refractivity contribution in [3.8, 4) is 0 Å². The van der Waals surface area contributed by atoms with Gasteiger partial charge >= 0.3 is 0 Å². The normalized spacial score (nSPS) is 16.4. The predicted octanol–water partition coefficient (Wildman–Crippen LogP) is 2.21. The van der Waals surface area contributed by atoms with E-state index in [2.05, 4.69) is 4.57 Å². The quantitative estimate of drug-likeness (QED) is 0.601. The molecule has 0 spiro atoms. The van der Waals surface area contributed by atoms with Gasteiger partial charge in [0.25, 0.3) is 0 Å². The Hall–Kier alpha value is -2.16. The molecule has 2 aromatic rings. The summed E-state index contributed by atoms with van der Waals surface area (Å²) in [5, 5.41) is 0. The number of carbonyl (C=O) groups excluding carboxylic acids is 2. The van der Waals surface area contributed by atoms with Gasteiger partial charge in [0.15, 0.2) is 11.6 Å². The van der Waals surface area contributed by atoms with Crippen LogP contribution in [-0.2, 0) is 13.0 Å². The van der Waals surface area contributed by atoms with Crippen LogP contribution in [-0.4, -0.2) is 16.1 Å². The lowest BCUT2D eigenvalue weighted by Crippen LogP contribution is -2.20. The van der Waals surface area contributed by atoms with Gasteiger partial charge in [0.05, 0.1) is 11.1 Å². The van der Waals surface area contributed by atoms with Crippen LogP contribution in [0.25, 0.3) is 0 Å². The minimum atomic E-state index is -0.0119. The fourth-order valence-corrected chi connectivity index (χ4v) is 3.07. The molecule has 3 nitrogen and oxygen atoms in total. The van der Waals surface area contributed by atoms with Crippen LogP contribution in [0.5, 0.6) is 0 Å². The van der Waals surface area contributed by atoms with Crippen molar-refractivity contribution in [2.45, 2.75) is 19.4 Å². The van der Waals surface area contributed by atoms with Crippen molar-refractivity contribution in [1.82, 2.24) is 4.57 Å². The first-order chi connectivity index (χ1) is 8.77. The summed E-state index contributed by atoms with van der Waals surface area (Å²) in [6.07, 6.45) is 3.82. The topological polar surface area (TPSA) is 39.1 Å². The van der Waals surface area contributed by atoms with Gasteiger partial charge in [0.2, 0.25) is 0 Å². The Labute approximate surface area is 104 Å². The van der Waals surface area contributed by atoms with Gasteiger partial charge < -0.3 is 4.57 Å². The molecule has 0 saturated carbocycles. The summed E-state index contributed by atoms with van der Waals surface area (Å²) in [5.74, 6) is -0.00190. The van der Waals surface area contributed by atoms with Gasteiger partial charge in [-0.05, 0) is 12.8 Å². The van der Waals surface area contributed by atoms with Gasteiger partial charge in [-0.25, -0.2) is 0 Å². The van der Waals surface area contributed by atoms with Gasteiger partial charge in [-0.2, -0.15) is 0 Å². The number of carbonyl (C=O) groups is 2. The molecule has 2 aliphatic rings. The Morgan fingerprint density at radius 3 is 2.44 bits per heavy atom. The predicted molar refractivity (Wildman–Crippen MR) is 66.1 cm³/mol. The number of ketones is 2. The van der Waals surface area contributed by atoms with Gasteiger partial charge in [0.1, 0.15) is 0 Å². The first-order valence-corrected chi connectivity index (χ1v) is 6.18. The van der Waals surface area contributed by atoms with E-state index >= 15 is 0 Å². The average molecular weight is 237 g/mol. The lowest BCUT2D eigenvalue weighted by atomic mass is 9.85. The van der Waals surface area contributed by atoms with Crippen LogP contribution in [0.2, 0.25) is 0 Å². The summed E-state index contributed by atoms with van der Waals surface area (Å²) >= 11 is 0. The molecule has 88 valence electrons. The molecule has 1 aromatic heterocycles. The highest BCUT2D eigenvalue weighted by molar-refractivity contribution is 6.28. The maximum Gasteiger partial charge on any atom is 0.196 e. The number of aryl methyl sites for hydroxylation is 1. The van der Waals surface area contributed by atoms with Crippen molar-refractivity contribution in [2.75, 3.05) is 0 Å². The largest absolute Gasteiger partial charge is 0.350 e. The summed E-state index contributed by atoms with van der Waals surface area (Å²) in [6, 6.07) is 7.10. The van der Waals surface area contributed by atoms with Gasteiger partial charge in [0, 0.05) is 29.6 Å². The van der Waals surface area contributed by atoms with E-state index in [1.54, 1.807) is 18.2 Å². The van der Waals surface area contributed by atoms with Crippen LogP contribution >= 0.6 is 0 Å². The number of nitrogens with zero attached hydrogens (tertiary/aromatic N) is 1. The molecule has 18 heavy (non-hydrogen) atoms. The van der Waals surface area contributed by atoms with Crippen LogP contribution < -0.4 is 0 Å². The van der Waals surface area contributed by atoms with E-state index in [9.17, 15) is 9.59 Å². The van der Waals surface area contributed by atoms with Crippen molar-refractivity contribution in [3.05, 3.63) is 58.4 Å². The Bertz CT molecular complexity index is 709. The maximum atomic E-state index is 12.5. The zero-order valence-corrected chi connectivity index (χ0v) is 9.77. The van der Waals surface area contributed by atoms with Crippen molar-refractivity contribution in [3.63, 3.8) is 0 Å². The number of benzene rings is 1. The molecule has 2 heterocycles. The van der Waals surface area contributed by atoms with Crippen molar-refractivity contribution in [1.29, 1.82) is 0 Å². The number of aromatic nitrogens is 1. The van der Waals surface area contributed by atoms with Crippen LogP contribution in [0, 0.1) is 0 Å². The van der Waals surface area contributed by atoms with E-state index in [0.717, 1.165) is 25.1 Å². The summed E-state index contributed by atoms with van der Waals surface area (Å²) in [4.78, 5) is 24.9. The molecular formula is C15H11NO2. The van der Waals surface area contributed by atoms with Crippen LogP contribution in [0.15, 0.2) is 30.5 Å². The lowest BCUT2D eigenvalue weighted by Gasteiger charge is -2.14. The van der Waals surface area contributed by atoms with Gasteiger partial charge in [-0.3, -0.25) is 9.59 Å². The summed E-state index contributed by atoms with van der Waals surface area (Å²) < 4.78 is 2.06. The molecule has 0 unspecified atom stereocenters. The van der Waals surface area contributed by atoms with E-state index in [-0.39, 0.29) is 11.6 Å². The first-order valence-electron chi connectivity index (χ1n) is 6.18. The standard InChI is InChI=1S/C15H11NO2/c17-14-9-4-1-2-5-10(9)15(18)13-11(14)8-16-7-3-6-12(13)16/h1-2,4-5,8H,3,6-7H2. The van der Waals surface area contributed by atoms with Crippen LogP contribution in [0.4, 0.5) is 0 Å². The summed E-state index contributed by atoms with van der Waals surface area (Å²) in [7, 11) is 0. The second kappa shape index (κ2) is 3.19. The fourth-order valence-electron chi connectivity index (χ4n) is 3.07. The molecule has 0 amide bonds. The molecule has 1 aromatic carbocycles. The molecule has 3 heteroatoms. The van der Waals surface area contributed by atoms with Crippen molar-refractivity contribution in [2.24, 2.45) is 0 Å². The minimum Gasteiger partial charge on any atom is -0.350 e. The maximum absolute atomic E-state index is 12.5. The highest BCUT2D eigenvalue weighted by Crippen LogP contribution is 2.33. The average Bonchev–Trinajstić information content (AvgIpc) is 2.96. The highest BCUT2D eigenvalue weighted by atomic mass is 16.1. The van der Waals surface area contributed by atoms with E-state index < -0.39 is 0 Å². The van der Waals surface area contributed by atoms with Crippen molar-refractivity contribution >= 4 is 11.6 Å². The summed E-state index contributed by atoms with van der Waals surface area (Å²) in [6.45, 7) is 0.916. The lowest BCUT2D eigenvalue weighted by molar-refractivity contribution is 0.0979. The second-order valence-corrected chi connectivity index (χ2v) is 4.87. The van der Waals surface area contributed by atoms with E-state index in [1.165, 1.54) is 0 Å². The molecule has 0 bridgehead atoms. The SMILES string of the molecule is O=C1c2ccccc2C(=O)c2c1cn1c2CCC1. The van der Waals surface area contributed by atoms with Gasteiger partial charge in [-0.1, -0.05) is 24.3 Å². The molecule has 0 fully saturated rings. The third kappa shape index (κ3) is 1.04. The van der Waals surface area contributed by atoms with Crippen LogP contribution in [0.1, 0.15) is 44.0 Å². The molecule has 0 saturated heterocycles. The first kappa shape index (κ1) is 9.83. The number of fused-ring (bicyclic) bond motifs is 4. The molecule has 0 N–H and O–H groups in total. The zero-order chi connectivity index (χ0) is 12.3. The highest BCUT2D eigenvalue weighted by Gasteiger charge is 2.34. The fraction of sp³-hybridized carbons (Fsp3) is 0.200. The third-order valence-corrected chi connectivity index (χ3v) is 3.89. The third-order valence-electron chi connectivity index (χ3n) is 3.89. The van der Waals surface area contributed by atoms with E-state index in [0.29, 0.717) is 22.3 Å². The van der Waals surface area contributed by atoms with Crippen LogP contribution in [0.3, 0.4) is 0 Å². The van der Waals surface area contributed by atoms with Gasteiger partial charge in [-0.15, -0.1) is 0 Å². The monoisotopic (exact) mass is 237 g/mol. The minimum absolute atomic E-state index is 0.0100. The summed E-state index contributed by atoms with van der Waals surface area (Å²) in [5.41, 5.74) is 3.37. The van der Waals surface area contributed by atoms with E-state index in [4.69, 9.17) is 0 Å². The van der Waals surface area contributed by atoms with E-state index in [1.807, 2.05) is 12.3 Å². The Balaban J connectivity index is 2.04.